The van der Waals surface area contributed by atoms with Gasteiger partial charge in [-0.25, -0.2) is 4.79 Å². The average Bonchev–Trinajstić information content (AvgIpc) is 2.98. The summed E-state index contributed by atoms with van der Waals surface area (Å²) < 4.78 is 49.7. The predicted molar refractivity (Wildman–Crippen MR) is 107 cm³/mol. The van der Waals surface area contributed by atoms with Gasteiger partial charge >= 0.3 is 12.2 Å². The summed E-state index contributed by atoms with van der Waals surface area (Å²) in [6.07, 6.45) is -3.67. The van der Waals surface area contributed by atoms with Gasteiger partial charge in [0, 0.05) is 17.7 Å². The highest BCUT2D eigenvalue weighted by atomic mass is 19.4. The fourth-order valence-electron chi connectivity index (χ4n) is 3.00. The number of hydrogen-bond donors (Lipinski definition) is 2. The Labute approximate surface area is 172 Å². The van der Waals surface area contributed by atoms with Gasteiger partial charge in [0.2, 0.25) is 0 Å². The van der Waals surface area contributed by atoms with Crippen molar-refractivity contribution >= 4 is 11.7 Å². The van der Waals surface area contributed by atoms with Crippen molar-refractivity contribution in [1.82, 2.24) is 5.32 Å². The van der Waals surface area contributed by atoms with Crippen molar-refractivity contribution in [2.24, 2.45) is 0 Å². The van der Waals surface area contributed by atoms with E-state index in [0.29, 0.717) is 5.75 Å². The molecule has 3 rings (SSSR count). The number of hydrogen-bond acceptors (Lipinski definition) is 3. The van der Waals surface area contributed by atoms with E-state index in [1.165, 1.54) is 12.1 Å². The molecule has 2 N–H and O–H groups in total. The van der Waals surface area contributed by atoms with Crippen molar-refractivity contribution in [3.05, 3.63) is 53.6 Å². The molecule has 0 aromatic heterocycles. The Morgan fingerprint density at radius 2 is 1.97 bits per heavy atom. The van der Waals surface area contributed by atoms with Gasteiger partial charge in [-0.3, -0.25) is 0 Å². The van der Waals surface area contributed by atoms with Crippen molar-refractivity contribution in [1.29, 1.82) is 0 Å². The van der Waals surface area contributed by atoms with Crippen LogP contribution in [0.25, 0.3) is 0 Å². The minimum Gasteiger partial charge on any atom is -0.483 e. The Morgan fingerprint density at radius 1 is 1.20 bits per heavy atom. The fraction of sp³-hybridized carbons (Fsp3) is 0.318. The van der Waals surface area contributed by atoms with Crippen LogP contribution < -0.4 is 20.1 Å². The Bertz CT molecular complexity index is 991. The normalized spacial score (nSPS) is 14.0. The number of fused-ring (bicyclic) bond motifs is 1. The first kappa shape index (κ1) is 21.4. The summed E-state index contributed by atoms with van der Waals surface area (Å²) in [5.74, 6) is 6.84. The Hall–Kier alpha value is -3.34. The van der Waals surface area contributed by atoms with Crippen LogP contribution >= 0.6 is 0 Å². The molecule has 2 amide bonds. The topological polar surface area (TPSA) is 59.6 Å². The van der Waals surface area contributed by atoms with E-state index in [1.807, 2.05) is 32.0 Å². The Kier molecular flexibility index (Phi) is 6.11. The molecular formula is C22H21F3N2O3. The zero-order valence-corrected chi connectivity index (χ0v) is 16.5. The highest BCUT2D eigenvalue weighted by Gasteiger charge is 2.32. The van der Waals surface area contributed by atoms with E-state index in [9.17, 15) is 18.0 Å². The van der Waals surface area contributed by atoms with Crippen LogP contribution in [0, 0.1) is 11.8 Å². The van der Waals surface area contributed by atoms with E-state index in [2.05, 4.69) is 22.5 Å². The van der Waals surface area contributed by atoms with Gasteiger partial charge in [-0.15, -0.1) is 0 Å². The predicted octanol–water partition coefficient (Wildman–Crippen LogP) is 4.62. The number of urea groups is 1. The Balaban J connectivity index is 1.45. The van der Waals surface area contributed by atoms with Gasteiger partial charge in [0.25, 0.3) is 0 Å². The minimum absolute atomic E-state index is 0.0184. The van der Waals surface area contributed by atoms with Crippen molar-refractivity contribution in [2.45, 2.75) is 32.0 Å². The van der Waals surface area contributed by atoms with E-state index in [4.69, 9.17) is 9.47 Å². The van der Waals surface area contributed by atoms with E-state index in [-0.39, 0.29) is 24.4 Å². The maximum Gasteiger partial charge on any atom is 0.416 e. The molecule has 1 heterocycles. The molecule has 1 aliphatic rings. The molecule has 0 radical (unpaired) electrons. The smallest absolute Gasteiger partial charge is 0.416 e. The van der Waals surface area contributed by atoms with Gasteiger partial charge in [0.05, 0.1) is 12.1 Å². The maximum atomic E-state index is 12.7. The standard InChI is InChI=1S/C22H21F3N2O3/c1-21(2)14-15-7-5-10-18(19(15)30-21)29-12-4-3-11-26-20(28)27-17-9-6-8-16(13-17)22(23,24)25/h5-10,13H,11-12,14H2,1-2H3,(H2,26,27,28). The lowest BCUT2D eigenvalue weighted by atomic mass is 10.0. The molecule has 8 heteroatoms. The lowest BCUT2D eigenvalue weighted by Gasteiger charge is -2.17. The number of ether oxygens (including phenoxy) is 2. The fourth-order valence-corrected chi connectivity index (χ4v) is 3.00. The lowest BCUT2D eigenvalue weighted by Crippen LogP contribution is -2.29. The first-order valence-electron chi connectivity index (χ1n) is 9.26. The second-order valence-corrected chi connectivity index (χ2v) is 7.31. The molecule has 158 valence electrons. The largest absolute Gasteiger partial charge is 0.483 e. The first-order valence-corrected chi connectivity index (χ1v) is 9.26. The summed E-state index contributed by atoms with van der Waals surface area (Å²) in [7, 11) is 0. The molecule has 30 heavy (non-hydrogen) atoms. The van der Waals surface area contributed by atoms with Crippen LogP contribution in [0.1, 0.15) is 25.0 Å². The molecule has 0 atom stereocenters. The zero-order valence-electron chi connectivity index (χ0n) is 16.5. The molecular weight excluding hydrogens is 397 g/mol. The van der Waals surface area contributed by atoms with Gasteiger partial charge in [-0.2, -0.15) is 13.2 Å². The molecule has 0 spiro atoms. The van der Waals surface area contributed by atoms with E-state index >= 15 is 0 Å². The molecule has 0 fully saturated rings. The lowest BCUT2D eigenvalue weighted by molar-refractivity contribution is -0.137. The van der Waals surface area contributed by atoms with Crippen molar-refractivity contribution in [3.63, 3.8) is 0 Å². The molecule has 0 saturated carbocycles. The number of rotatable bonds is 4. The summed E-state index contributed by atoms with van der Waals surface area (Å²) >= 11 is 0. The van der Waals surface area contributed by atoms with Gasteiger partial charge in [0.15, 0.2) is 11.5 Å². The number of anilines is 1. The first-order chi connectivity index (χ1) is 14.1. The van der Waals surface area contributed by atoms with E-state index in [1.54, 1.807) is 0 Å². The van der Waals surface area contributed by atoms with Crippen molar-refractivity contribution in [2.75, 3.05) is 18.5 Å². The van der Waals surface area contributed by atoms with Crippen LogP contribution in [0.5, 0.6) is 11.5 Å². The maximum absolute atomic E-state index is 12.7. The quantitative estimate of drug-likeness (QED) is 0.713. The number of alkyl halides is 3. The third kappa shape index (κ3) is 5.60. The number of halogens is 3. The van der Waals surface area contributed by atoms with Gasteiger partial charge in [0.1, 0.15) is 12.2 Å². The summed E-state index contributed by atoms with van der Waals surface area (Å²) in [5.41, 5.74) is 0.0135. The number of nitrogens with one attached hydrogen (secondary N) is 2. The average molecular weight is 418 g/mol. The van der Waals surface area contributed by atoms with Gasteiger partial charge in [-0.1, -0.05) is 30.0 Å². The zero-order chi connectivity index (χ0) is 21.8. The highest BCUT2D eigenvalue weighted by molar-refractivity contribution is 5.89. The molecule has 5 nitrogen and oxygen atoms in total. The monoisotopic (exact) mass is 418 g/mol. The molecule has 0 bridgehead atoms. The molecule has 0 saturated heterocycles. The summed E-state index contributed by atoms with van der Waals surface area (Å²) in [6, 6.07) is 9.44. The number of amides is 2. The van der Waals surface area contributed by atoms with Crippen LogP contribution in [-0.2, 0) is 12.6 Å². The Morgan fingerprint density at radius 3 is 2.73 bits per heavy atom. The van der Waals surface area contributed by atoms with Gasteiger partial charge in [-0.05, 0) is 38.1 Å². The molecule has 2 aromatic rings. The second kappa shape index (κ2) is 8.57. The molecule has 0 aliphatic carbocycles. The third-order valence-corrected chi connectivity index (χ3v) is 4.26. The van der Waals surface area contributed by atoms with Gasteiger partial charge < -0.3 is 20.1 Å². The number of carbonyl (C=O) groups excluding carboxylic acids is 1. The summed E-state index contributed by atoms with van der Waals surface area (Å²) in [4.78, 5) is 11.8. The molecule has 0 unspecified atom stereocenters. The van der Waals surface area contributed by atoms with Crippen LogP contribution in [0.15, 0.2) is 42.5 Å². The van der Waals surface area contributed by atoms with Crippen molar-refractivity contribution < 1.29 is 27.4 Å². The van der Waals surface area contributed by atoms with Crippen LogP contribution in [0.2, 0.25) is 0 Å². The SMILES string of the molecule is CC1(C)Cc2cccc(OCC#CCNC(=O)Nc3cccc(C(F)(F)F)c3)c2O1. The highest BCUT2D eigenvalue weighted by Crippen LogP contribution is 2.41. The van der Waals surface area contributed by atoms with E-state index < -0.39 is 17.8 Å². The second-order valence-electron chi connectivity index (χ2n) is 7.31. The third-order valence-electron chi connectivity index (χ3n) is 4.26. The summed E-state index contributed by atoms with van der Waals surface area (Å²) in [6.45, 7) is 4.14. The van der Waals surface area contributed by atoms with Crippen molar-refractivity contribution in [3.8, 4) is 23.3 Å². The van der Waals surface area contributed by atoms with E-state index in [0.717, 1.165) is 29.9 Å². The summed E-state index contributed by atoms with van der Waals surface area (Å²) in [5, 5.41) is 4.80. The van der Waals surface area contributed by atoms with Crippen LogP contribution in [0.4, 0.5) is 23.7 Å². The van der Waals surface area contributed by atoms with Crippen LogP contribution in [0.3, 0.4) is 0 Å². The number of para-hydroxylation sites is 1. The van der Waals surface area contributed by atoms with Crippen LogP contribution in [-0.4, -0.2) is 24.8 Å². The number of benzene rings is 2. The number of carbonyl (C=O) groups is 1. The molecule has 2 aromatic carbocycles. The molecule has 1 aliphatic heterocycles. The minimum atomic E-state index is -4.47.